The lowest BCUT2D eigenvalue weighted by Gasteiger charge is -2.29. The first-order valence-electron chi connectivity index (χ1n) is 10.2. The van der Waals surface area contributed by atoms with E-state index in [-0.39, 0.29) is 18.4 Å². The second kappa shape index (κ2) is 7.84. The van der Waals surface area contributed by atoms with Gasteiger partial charge < -0.3 is 0 Å². The van der Waals surface area contributed by atoms with Gasteiger partial charge in [0.2, 0.25) is 5.91 Å². The Morgan fingerprint density at radius 1 is 0.871 bits per heavy atom. The van der Waals surface area contributed by atoms with E-state index in [1.165, 1.54) is 4.90 Å². The summed E-state index contributed by atoms with van der Waals surface area (Å²) in [5.41, 5.74) is 3.70. The molecule has 2 amide bonds. The van der Waals surface area contributed by atoms with E-state index in [1.54, 1.807) is 17.2 Å². The average molecular weight is 433 g/mol. The van der Waals surface area contributed by atoms with Crippen LogP contribution in [0.4, 0.5) is 5.69 Å². The van der Waals surface area contributed by atoms with Gasteiger partial charge >= 0.3 is 0 Å². The summed E-state index contributed by atoms with van der Waals surface area (Å²) in [4.78, 5) is 34.1. The third-order valence-corrected chi connectivity index (χ3v) is 6.14. The lowest BCUT2D eigenvalue weighted by molar-refractivity contribution is -0.143. The zero-order valence-corrected chi connectivity index (χ0v) is 17.7. The van der Waals surface area contributed by atoms with Crippen molar-refractivity contribution < 1.29 is 14.4 Å². The molecular formula is C25H21ClN2O3. The number of hydrogen-bond acceptors (Lipinski definition) is 4. The highest BCUT2D eigenvalue weighted by atomic mass is 35.5. The smallest absolute Gasteiger partial charge is 0.262 e. The fourth-order valence-corrected chi connectivity index (χ4v) is 4.43. The predicted molar refractivity (Wildman–Crippen MR) is 118 cm³/mol. The molecule has 6 heteroatoms. The molecule has 3 atom stereocenters. The molecule has 2 heterocycles. The maximum Gasteiger partial charge on any atom is 0.262 e. The van der Waals surface area contributed by atoms with Gasteiger partial charge in [0.15, 0.2) is 6.10 Å². The van der Waals surface area contributed by atoms with E-state index < -0.39 is 18.1 Å². The van der Waals surface area contributed by atoms with Gasteiger partial charge in [0, 0.05) is 5.02 Å². The minimum atomic E-state index is -0.849. The van der Waals surface area contributed by atoms with Crippen molar-refractivity contribution in [1.82, 2.24) is 4.90 Å². The van der Waals surface area contributed by atoms with Crippen LogP contribution < -0.4 is 5.06 Å². The van der Waals surface area contributed by atoms with Gasteiger partial charge in [0.25, 0.3) is 5.91 Å². The minimum Gasteiger partial charge on any atom is -0.275 e. The summed E-state index contributed by atoms with van der Waals surface area (Å²) in [5.74, 6) is -1.14. The lowest BCUT2D eigenvalue weighted by atomic mass is 9.90. The molecule has 2 fully saturated rings. The molecule has 31 heavy (non-hydrogen) atoms. The molecule has 2 aliphatic rings. The number of imide groups is 1. The van der Waals surface area contributed by atoms with Gasteiger partial charge in [-0.3, -0.25) is 19.3 Å². The molecule has 0 radical (unpaired) electrons. The number of benzene rings is 3. The molecule has 0 bridgehead atoms. The molecule has 2 saturated heterocycles. The van der Waals surface area contributed by atoms with Crippen LogP contribution in [0.2, 0.25) is 5.02 Å². The SMILES string of the molecule is Cc1ccc(N2O[C@@H]3C(=O)N(Cc4ccccc4)C(=O)[C@H]3[C@H]2c2ccc(Cl)cc2)cc1. The quantitative estimate of drug-likeness (QED) is 0.561. The van der Waals surface area contributed by atoms with Gasteiger partial charge in [-0.1, -0.05) is 71.8 Å². The van der Waals surface area contributed by atoms with Crippen molar-refractivity contribution in [3.05, 3.63) is 101 Å². The van der Waals surface area contributed by atoms with Gasteiger partial charge in [-0.15, -0.1) is 0 Å². The van der Waals surface area contributed by atoms with Gasteiger partial charge in [0.1, 0.15) is 5.92 Å². The van der Waals surface area contributed by atoms with E-state index in [2.05, 4.69) is 0 Å². The van der Waals surface area contributed by atoms with Gasteiger partial charge in [0.05, 0.1) is 18.3 Å². The largest absolute Gasteiger partial charge is 0.275 e. The Morgan fingerprint density at radius 3 is 2.23 bits per heavy atom. The third kappa shape index (κ3) is 3.50. The molecule has 0 aromatic heterocycles. The molecule has 0 unspecified atom stereocenters. The number of hydrogen-bond donors (Lipinski definition) is 0. The summed E-state index contributed by atoms with van der Waals surface area (Å²) >= 11 is 6.09. The molecule has 3 aromatic rings. The number of hydroxylamine groups is 1. The number of rotatable bonds is 4. The van der Waals surface area contributed by atoms with Crippen LogP contribution >= 0.6 is 11.6 Å². The Hall–Kier alpha value is -3.15. The summed E-state index contributed by atoms with van der Waals surface area (Å²) in [6, 6.07) is 24.3. The highest BCUT2D eigenvalue weighted by Gasteiger charge is 2.59. The van der Waals surface area contributed by atoms with Crippen LogP contribution in [-0.2, 0) is 21.0 Å². The molecular weight excluding hydrogens is 412 g/mol. The summed E-state index contributed by atoms with van der Waals surface area (Å²) < 4.78 is 0. The monoisotopic (exact) mass is 432 g/mol. The van der Waals surface area contributed by atoms with E-state index in [1.807, 2.05) is 73.7 Å². The summed E-state index contributed by atoms with van der Waals surface area (Å²) in [7, 11) is 0. The standard InChI is InChI=1S/C25H21ClN2O3/c1-16-7-13-20(14-8-16)28-22(18-9-11-19(26)12-10-18)21-23(31-28)25(30)27(24(21)29)15-17-5-3-2-4-6-17/h2-14,21-23H,15H2,1H3/t21-,22+,23-/m0/s1. The van der Waals surface area contributed by atoms with Gasteiger partial charge in [-0.2, -0.15) is 0 Å². The molecule has 0 aliphatic carbocycles. The lowest BCUT2D eigenvalue weighted by Crippen LogP contribution is -2.36. The van der Waals surface area contributed by atoms with Crippen LogP contribution in [0.1, 0.15) is 22.7 Å². The van der Waals surface area contributed by atoms with E-state index in [0.29, 0.717) is 5.02 Å². The third-order valence-electron chi connectivity index (χ3n) is 5.89. The normalized spacial score (nSPS) is 22.8. The molecule has 2 aliphatic heterocycles. The number of carbonyl (C=O) groups is 2. The number of halogens is 1. The molecule has 0 saturated carbocycles. The van der Waals surface area contributed by atoms with Gasteiger partial charge in [-0.25, -0.2) is 5.06 Å². The summed E-state index contributed by atoms with van der Waals surface area (Å²) in [6.07, 6.45) is -0.849. The maximum atomic E-state index is 13.5. The molecule has 0 spiro atoms. The van der Waals surface area contributed by atoms with E-state index in [0.717, 1.165) is 22.4 Å². The van der Waals surface area contributed by atoms with Crippen molar-refractivity contribution in [2.75, 3.05) is 5.06 Å². The molecule has 5 nitrogen and oxygen atoms in total. The Balaban J connectivity index is 1.52. The zero-order chi connectivity index (χ0) is 21.5. The fourth-order valence-electron chi connectivity index (χ4n) is 4.31. The van der Waals surface area contributed by atoms with Crippen molar-refractivity contribution in [2.45, 2.75) is 25.6 Å². The molecule has 0 N–H and O–H groups in total. The second-order valence-electron chi connectivity index (χ2n) is 7.96. The van der Waals surface area contributed by atoms with Crippen molar-refractivity contribution in [3.8, 4) is 0 Å². The molecule has 156 valence electrons. The average Bonchev–Trinajstić information content (AvgIpc) is 3.28. The number of amides is 2. The van der Waals surface area contributed by atoms with Crippen molar-refractivity contribution >= 4 is 29.1 Å². The first kappa shape index (κ1) is 19.8. The number of carbonyl (C=O) groups excluding carboxylic acids is 2. The molecule has 5 rings (SSSR count). The first-order valence-corrected chi connectivity index (χ1v) is 10.6. The predicted octanol–water partition coefficient (Wildman–Crippen LogP) is 4.70. The van der Waals surface area contributed by atoms with E-state index in [9.17, 15) is 9.59 Å². The van der Waals surface area contributed by atoms with E-state index in [4.69, 9.17) is 16.4 Å². The summed E-state index contributed by atoms with van der Waals surface area (Å²) in [6.45, 7) is 2.25. The van der Waals surface area contributed by atoms with Crippen LogP contribution in [0.15, 0.2) is 78.9 Å². The first-order chi connectivity index (χ1) is 15.0. The van der Waals surface area contributed by atoms with Crippen LogP contribution in [0.5, 0.6) is 0 Å². The Labute approximate surface area is 185 Å². The van der Waals surface area contributed by atoms with Crippen molar-refractivity contribution in [1.29, 1.82) is 0 Å². The van der Waals surface area contributed by atoms with Crippen LogP contribution in [0.3, 0.4) is 0 Å². The van der Waals surface area contributed by atoms with E-state index >= 15 is 0 Å². The van der Waals surface area contributed by atoms with Gasteiger partial charge in [-0.05, 0) is 42.3 Å². The zero-order valence-electron chi connectivity index (χ0n) is 16.9. The van der Waals surface area contributed by atoms with Crippen molar-refractivity contribution in [3.63, 3.8) is 0 Å². The Bertz CT molecular complexity index is 1120. The minimum absolute atomic E-state index is 0.214. The Kier molecular flexibility index (Phi) is 5.00. The highest BCUT2D eigenvalue weighted by molar-refractivity contribution is 6.30. The maximum absolute atomic E-state index is 13.5. The topological polar surface area (TPSA) is 49.9 Å². The summed E-state index contributed by atoms with van der Waals surface area (Å²) in [5, 5.41) is 2.31. The highest BCUT2D eigenvalue weighted by Crippen LogP contribution is 2.47. The number of fused-ring (bicyclic) bond motifs is 1. The number of nitrogens with zero attached hydrogens (tertiary/aromatic N) is 2. The Morgan fingerprint density at radius 2 is 1.55 bits per heavy atom. The molecule has 3 aromatic carbocycles. The van der Waals surface area contributed by atoms with Crippen molar-refractivity contribution in [2.24, 2.45) is 5.92 Å². The van der Waals surface area contributed by atoms with Crippen LogP contribution in [0.25, 0.3) is 0 Å². The number of anilines is 1. The fraction of sp³-hybridized carbons (Fsp3) is 0.200. The number of aryl methyl sites for hydroxylation is 1. The van der Waals surface area contributed by atoms with Crippen LogP contribution in [-0.4, -0.2) is 22.8 Å². The van der Waals surface area contributed by atoms with Crippen LogP contribution in [0, 0.1) is 12.8 Å². The second-order valence-corrected chi connectivity index (χ2v) is 8.39. The number of likely N-dealkylation sites (tertiary alicyclic amines) is 1.